The Balaban J connectivity index is 1.37. The van der Waals surface area contributed by atoms with Crippen LogP contribution in [-0.2, 0) is 13.1 Å². The molecule has 0 unspecified atom stereocenters. The molecule has 0 radical (unpaired) electrons. The molecule has 6 rings (SSSR count). The van der Waals surface area contributed by atoms with Crippen LogP contribution >= 0.6 is 0 Å². The van der Waals surface area contributed by atoms with E-state index in [9.17, 15) is 0 Å². The maximum Gasteiger partial charge on any atom is 0.194 e. The van der Waals surface area contributed by atoms with Crippen molar-refractivity contribution in [3.63, 3.8) is 0 Å². The summed E-state index contributed by atoms with van der Waals surface area (Å²) >= 11 is 0. The Labute approximate surface area is 172 Å². The van der Waals surface area contributed by atoms with Crippen LogP contribution in [0.5, 0.6) is 0 Å². The van der Waals surface area contributed by atoms with Gasteiger partial charge >= 0.3 is 0 Å². The normalized spacial score (nSPS) is 12.9. The van der Waals surface area contributed by atoms with Crippen molar-refractivity contribution in [2.45, 2.75) is 13.1 Å². The van der Waals surface area contributed by atoms with Gasteiger partial charge in [-0.2, -0.15) is 5.10 Å². The first-order valence-electron chi connectivity index (χ1n) is 9.78. The number of hydrogen-bond acceptors (Lipinski definition) is 6. The summed E-state index contributed by atoms with van der Waals surface area (Å²) in [6, 6.07) is 16.4. The number of nitrogens with zero attached hydrogens (tertiary/aromatic N) is 3. The van der Waals surface area contributed by atoms with E-state index in [0.29, 0.717) is 17.2 Å². The Kier molecular flexibility index (Phi) is 3.85. The average molecular weight is 394 g/mol. The highest BCUT2D eigenvalue weighted by molar-refractivity contribution is 5.87. The Bertz CT molecular complexity index is 1340. The smallest absolute Gasteiger partial charge is 0.194 e. The van der Waals surface area contributed by atoms with Gasteiger partial charge in [-0.1, -0.05) is 24.3 Å². The molecule has 146 valence electrons. The third kappa shape index (κ3) is 2.92. The van der Waals surface area contributed by atoms with Crippen LogP contribution in [0.4, 0.5) is 11.5 Å². The fraction of sp³-hybridized carbons (Fsp3) is 0.0870. The quantitative estimate of drug-likeness (QED) is 0.412. The molecule has 0 atom stereocenters. The second-order valence-electron chi connectivity index (χ2n) is 7.31. The molecule has 2 aromatic carbocycles. The number of benzene rings is 2. The lowest BCUT2D eigenvalue weighted by Gasteiger charge is -2.10. The first kappa shape index (κ1) is 16.9. The van der Waals surface area contributed by atoms with Crippen LogP contribution in [0.15, 0.2) is 71.6 Å². The van der Waals surface area contributed by atoms with Gasteiger partial charge in [0.1, 0.15) is 5.52 Å². The molecule has 1 aliphatic rings. The fourth-order valence-corrected chi connectivity index (χ4v) is 3.80. The Morgan fingerprint density at radius 1 is 0.867 bits per heavy atom. The standard InChI is InChI=1S/C23H18N6O/c1-2-16-10-24-11-17(16)9-15(1)22-28-20-7-8-30-21(20)23(29-22)27-19-5-3-14(4-6-19)18-12-25-26-13-18/h1-9,12-13,24H,10-11H2,(H,25,26)(H,27,28,29). The predicted octanol–water partition coefficient (Wildman–Crippen LogP) is 4.63. The van der Waals surface area contributed by atoms with E-state index < -0.39 is 0 Å². The zero-order valence-corrected chi connectivity index (χ0v) is 16.0. The van der Waals surface area contributed by atoms with E-state index in [4.69, 9.17) is 14.4 Å². The van der Waals surface area contributed by atoms with Crippen LogP contribution in [0.2, 0.25) is 0 Å². The summed E-state index contributed by atoms with van der Waals surface area (Å²) in [5.41, 5.74) is 8.10. The predicted molar refractivity (Wildman–Crippen MR) is 115 cm³/mol. The molecule has 0 spiro atoms. The van der Waals surface area contributed by atoms with Crippen LogP contribution in [-0.4, -0.2) is 20.2 Å². The highest BCUT2D eigenvalue weighted by Gasteiger charge is 2.15. The summed E-state index contributed by atoms with van der Waals surface area (Å²) in [5, 5.41) is 13.6. The molecule has 4 heterocycles. The third-order valence-corrected chi connectivity index (χ3v) is 5.38. The van der Waals surface area contributed by atoms with Crippen molar-refractivity contribution in [3.05, 3.63) is 78.3 Å². The topological polar surface area (TPSA) is 91.7 Å². The molecule has 3 N–H and O–H groups in total. The van der Waals surface area contributed by atoms with Crippen LogP contribution in [0.3, 0.4) is 0 Å². The van der Waals surface area contributed by atoms with Gasteiger partial charge in [-0.15, -0.1) is 0 Å². The van der Waals surface area contributed by atoms with Gasteiger partial charge in [0.25, 0.3) is 0 Å². The lowest BCUT2D eigenvalue weighted by Crippen LogP contribution is -2.00. The molecule has 1 aliphatic heterocycles. The molecule has 0 aliphatic carbocycles. The monoisotopic (exact) mass is 394 g/mol. The molecular weight excluding hydrogens is 376 g/mol. The van der Waals surface area contributed by atoms with Crippen molar-refractivity contribution in [1.82, 2.24) is 25.5 Å². The van der Waals surface area contributed by atoms with Crippen molar-refractivity contribution < 1.29 is 4.42 Å². The van der Waals surface area contributed by atoms with E-state index in [1.807, 2.05) is 36.5 Å². The number of aromatic amines is 1. The van der Waals surface area contributed by atoms with Gasteiger partial charge in [-0.3, -0.25) is 5.10 Å². The van der Waals surface area contributed by atoms with Crippen LogP contribution in [0, 0.1) is 0 Å². The van der Waals surface area contributed by atoms with E-state index >= 15 is 0 Å². The molecule has 3 aromatic heterocycles. The molecular formula is C23H18N6O. The van der Waals surface area contributed by atoms with E-state index in [-0.39, 0.29) is 0 Å². The average Bonchev–Trinajstić information content (AvgIpc) is 3.54. The van der Waals surface area contributed by atoms with Crippen LogP contribution in [0.25, 0.3) is 33.6 Å². The molecule has 7 nitrogen and oxygen atoms in total. The van der Waals surface area contributed by atoms with Gasteiger partial charge in [0.2, 0.25) is 0 Å². The van der Waals surface area contributed by atoms with Gasteiger partial charge in [0.05, 0.1) is 12.5 Å². The second-order valence-corrected chi connectivity index (χ2v) is 7.31. The van der Waals surface area contributed by atoms with Crippen molar-refractivity contribution in [1.29, 1.82) is 0 Å². The summed E-state index contributed by atoms with van der Waals surface area (Å²) in [6.07, 6.45) is 5.32. The second kappa shape index (κ2) is 6.82. The van der Waals surface area contributed by atoms with E-state index in [1.165, 1.54) is 11.1 Å². The SMILES string of the molecule is c1cc2nc(-c3ccc4c(c3)CNC4)nc(Nc3ccc(-c4cn[nH]c4)cc3)c2o1. The molecule has 7 heteroatoms. The number of anilines is 2. The molecule has 0 bridgehead atoms. The lowest BCUT2D eigenvalue weighted by atomic mass is 10.1. The van der Waals surface area contributed by atoms with Crippen LogP contribution < -0.4 is 10.6 Å². The maximum absolute atomic E-state index is 5.66. The molecule has 0 fully saturated rings. The number of nitrogens with one attached hydrogen (secondary N) is 3. The highest BCUT2D eigenvalue weighted by atomic mass is 16.3. The van der Waals surface area contributed by atoms with Gasteiger partial charge in [-0.25, -0.2) is 9.97 Å². The molecule has 0 saturated carbocycles. The van der Waals surface area contributed by atoms with Crippen molar-refractivity contribution >= 4 is 22.6 Å². The number of rotatable bonds is 4. The highest BCUT2D eigenvalue weighted by Crippen LogP contribution is 2.30. The summed E-state index contributed by atoms with van der Waals surface area (Å²) in [4.78, 5) is 9.49. The minimum Gasteiger partial charge on any atom is -0.459 e. The first-order valence-corrected chi connectivity index (χ1v) is 9.78. The summed E-state index contributed by atoms with van der Waals surface area (Å²) in [5.74, 6) is 1.32. The van der Waals surface area contributed by atoms with E-state index in [2.05, 4.69) is 39.0 Å². The fourth-order valence-electron chi connectivity index (χ4n) is 3.80. The Hall–Kier alpha value is -3.97. The largest absolute Gasteiger partial charge is 0.459 e. The molecule has 0 amide bonds. The first-order chi connectivity index (χ1) is 14.8. The lowest BCUT2D eigenvalue weighted by molar-refractivity contribution is 0.615. The Morgan fingerprint density at radius 3 is 2.60 bits per heavy atom. The minimum atomic E-state index is 0.639. The van der Waals surface area contributed by atoms with Crippen LogP contribution in [0.1, 0.15) is 11.1 Å². The third-order valence-electron chi connectivity index (χ3n) is 5.38. The van der Waals surface area contributed by atoms with Gasteiger partial charge in [0.15, 0.2) is 17.2 Å². The number of hydrogen-bond donors (Lipinski definition) is 3. The van der Waals surface area contributed by atoms with Crippen molar-refractivity contribution in [3.8, 4) is 22.5 Å². The molecule has 30 heavy (non-hydrogen) atoms. The van der Waals surface area contributed by atoms with E-state index in [0.717, 1.165) is 41.0 Å². The van der Waals surface area contributed by atoms with Crippen molar-refractivity contribution in [2.24, 2.45) is 0 Å². The molecule has 5 aromatic rings. The number of fused-ring (bicyclic) bond motifs is 2. The zero-order chi connectivity index (χ0) is 19.9. The van der Waals surface area contributed by atoms with Crippen molar-refractivity contribution in [2.75, 3.05) is 5.32 Å². The van der Waals surface area contributed by atoms with E-state index in [1.54, 1.807) is 12.5 Å². The summed E-state index contributed by atoms with van der Waals surface area (Å²) in [7, 11) is 0. The number of H-pyrrole nitrogens is 1. The van der Waals surface area contributed by atoms with Gasteiger partial charge < -0.3 is 15.1 Å². The maximum atomic E-state index is 5.66. The minimum absolute atomic E-state index is 0.639. The Morgan fingerprint density at radius 2 is 1.73 bits per heavy atom. The zero-order valence-electron chi connectivity index (χ0n) is 16.0. The number of furan rings is 1. The summed E-state index contributed by atoms with van der Waals surface area (Å²) < 4.78 is 5.66. The van der Waals surface area contributed by atoms with Gasteiger partial charge in [0, 0.05) is 42.2 Å². The molecule has 0 saturated heterocycles. The number of aromatic nitrogens is 4. The summed E-state index contributed by atoms with van der Waals surface area (Å²) in [6.45, 7) is 1.80. The van der Waals surface area contributed by atoms with Gasteiger partial charge in [-0.05, 0) is 34.9 Å².